The predicted octanol–water partition coefficient (Wildman–Crippen LogP) is 5.01. The minimum atomic E-state index is -0.509. The minimum absolute atomic E-state index is 0.109. The normalized spacial score (nSPS) is 11.3. The molecule has 4 rings (SSSR count). The highest BCUT2D eigenvalue weighted by atomic mass is 32.1. The number of thiophene rings is 1. The van der Waals surface area contributed by atoms with E-state index in [1.807, 2.05) is 41.8 Å². The van der Waals surface area contributed by atoms with Crippen LogP contribution in [0.4, 0.5) is 5.69 Å². The number of aromatic hydroxyl groups is 1. The van der Waals surface area contributed by atoms with E-state index in [2.05, 4.69) is 15.8 Å². The maximum Gasteiger partial charge on any atom is 0.275 e. The molecule has 2 amide bonds. The van der Waals surface area contributed by atoms with Gasteiger partial charge in [0.1, 0.15) is 5.75 Å². The molecule has 1 heterocycles. The van der Waals surface area contributed by atoms with E-state index in [1.165, 1.54) is 11.3 Å². The van der Waals surface area contributed by atoms with Crippen molar-refractivity contribution in [2.75, 3.05) is 5.32 Å². The number of nitrogens with one attached hydrogen (secondary N) is 2. The third-order valence-electron chi connectivity index (χ3n) is 4.72. The van der Waals surface area contributed by atoms with Crippen molar-refractivity contribution in [2.45, 2.75) is 6.92 Å². The van der Waals surface area contributed by atoms with Gasteiger partial charge in [-0.05, 0) is 59.0 Å². The Hall–Kier alpha value is -3.97. The molecule has 0 spiro atoms. The minimum Gasteiger partial charge on any atom is -0.507 e. The average Bonchev–Trinajstić information content (AvgIpc) is 3.32. The molecule has 31 heavy (non-hydrogen) atoms. The Balaban J connectivity index is 1.49. The molecule has 0 unspecified atom stereocenters. The number of benzene rings is 3. The van der Waals surface area contributed by atoms with E-state index in [-0.39, 0.29) is 17.2 Å². The van der Waals surface area contributed by atoms with Gasteiger partial charge in [0.25, 0.3) is 11.8 Å². The van der Waals surface area contributed by atoms with E-state index in [0.717, 1.165) is 16.3 Å². The number of rotatable bonds is 5. The van der Waals surface area contributed by atoms with E-state index in [9.17, 15) is 14.7 Å². The second kappa shape index (κ2) is 8.81. The molecule has 0 bridgehead atoms. The van der Waals surface area contributed by atoms with Gasteiger partial charge < -0.3 is 10.4 Å². The van der Waals surface area contributed by atoms with Crippen molar-refractivity contribution in [1.82, 2.24) is 5.43 Å². The smallest absolute Gasteiger partial charge is 0.275 e. The lowest BCUT2D eigenvalue weighted by Crippen LogP contribution is -2.19. The zero-order valence-corrected chi connectivity index (χ0v) is 17.4. The molecule has 0 aliphatic rings. The third kappa shape index (κ3) is 4.62. The molecule has 154 valence electrons. The topological polar surface area (TPSA) is 90.8 Å². The Kier molecular flexibility index (Phi) is 5.77. The van der Waals surface area contributed by atoms with Crippen molar-refractivity contribution in [2.24, 2.45) is 5.10 Å². The van der Waals surface area contributed by atoms with Gasteiger partial charge in [0, 0.05) is 5.69 Å². The van der Waals surface area contributed by atoms with Crippen LogP contribution in [0, 0.1) is 0 Å². The van der Waals surface area contributed by atoms with Gasteiger partial charge in [0.05, 0.1) is 16.2 Å². The Morgan fingerprint density at radius 3 is 2.42 bits per heavy atom. The maximum absolute atomic E-state index is 12.6. The number of hydrogen-bond donors (Lipinski definition) is 3. The predicted molar refractivity (Wildman–Crippen MR) is 124 cm³/mol. The van der Waals surface area contributed by atoms with Crippen LogP contribution in [0.2, 0.25) is 0 Å². The van der Waals surface area contributed by atoms with Gasteiger partial charge in [-0.25, -0.2) is 5.43 Å². The number of hydrazone groups is 1. The Bertz CT molecular complexity index is 1300. The van der Waals surface area contributed by atoms with Crippen molar-refractivity contribution in [3.05, 3.63) is 94.2 Å². The molecule has 4 aromatic rings. The van der Waals surface area contributed by atoms with Gasteiger partial charge in [-0.3, -0.25) is 9.59 Å². The van der Waals surface area contributed by atoms with Gasteiger partial charge in [0.2, 0.25) is 0 Å². The number of phenolic OH excluding ortho intramolecular Hbond substituents is 1. The molecule has 0 atom stereocenters. The zero-order chi connectivity index (χ0) is 21.8. The van der Waals surface area contributed by atoms with E-state index >= 15 is 0 Å². The fourth-order valence-corrected chi connectivity index (χ4v) is 3.71. The SMILES string of the molecule is CC(=NNC(=O)c1cc2ccccc2cc1O)c1cccc(NC(=O)c2cccs2)c1. The number of hydrogen-bond acceptors (Lipinski definition) is 5. The number of fused-ring (bicyclic) bond motifs is 1. The van der Waals surface area contributed by atoms with Crippen LogP contribution in [-0.2, 0) is 0 Å². The molecule has 0 fully saturated rings. The summed E-state index contributed by atoms with van der Waals surface area (Å²) < 4.78 is 0. The lowest BCUT2D eigenvalue weighted by atomic mass is 10.1. The molecule has 0 radical (unpaired) electrons. The first kappa shape index (κ1) is 20.3. The van der Waals surface area contributed by atoms with E-state index in [4.69, 9.17) is 0 Å². The second-order valence-electron chi connectivity index (χ2n) is 6.87. The summed E-state index contributed by atoms with van der Waals surface area (Å²) in [5.41, 5.74) is 4.56. The number of carbonyl (C=O) groups excluding carboxylic acids is 2. The van der Waals surface area contributed by atoms with Crippen LogP contribution < -0.4 is 10.7 Å². The first-order valence-electron chi connectivity index (χ1n) is 9.53. The van der Waals surface area contributed by atoms with Crippen LogP contribution in [0.5, 0.6) is 5.75 Å². The zero-order valence-electron chi connectivity index (χ0n) is 16.6. The van der Waals surface area contributed by atoms with E-state index in [0.29, 0.717) is 16.3 Å². The molecule has 6 nitrogen and oxygen atoms in total. The van der Waals surface area contributed by atoms with Crippen molar-refractivity contribution in [1.29, 1.82) is 0 Å². The molecule has 1 aromatic heterocycles. The highest BCUT2D eigenvalue weighted by molar-refractivity contribution is 7.12. The highest BCUT2D eigenvalue weighted by Crippen LogP contribution is 2.25. The number of nitrogens with zero attached hydrogens (tertiary/aromatic N) is 1. The quantitative estimate of drug-likeness (QED) is 0.308. The second-order valence-corrected chi connectivity index (χ2v) is 7.81. The van der Waals surface area contributed by atoms with Crippen LogP contribution in [0.15, 0.2) is 83.3 Å². The number of phenols is 1. The number of carbonyl (C=O) groups is 2. The summed E-state index contributed by atoms with van der Waals surface area (Å²) >= 11 is 1.37. The molecule has 3 aromatic carbocycles. The molecule has 0 aliphatic heterocycles. The third-order valence-corrected chi connectivity index (χ3v) is 5.59. The van der Waals surface area contributed by atoms with Gasteiger partial charge in [-0.15, -0.1) is 11.3 Å². The average molecular weight is 430 g/mol. The maximum atomic E-state index is 12.6. The lowest BCUT2D eigenvalue weighted by Gasteiger charge is -2.08. The van der Waals surface area contributed by atoms with Crippen molar-refractivity contribution < 1.29 is 14.7 Å². The fourth-order valence-electron chi connectivity index (χ4n) is 3.09. The summed E-state index contributed by atoms with van der Waals surface area (Å²) in [4.78, 5) is 25.4. The summed E-state index contributed by atoms with van der Waals surface area (Å²) in [5, 5.41) is 20.8. The van der Waals surface area contributed by atoms with E-state index in [1.54, 1.807) is 43.3 Å². The number of amides is 2. The van der Waals surface area contributed by atoms with Crippen molar-refractivity contribution in [3.8, 4) is 5.75 Å². The molecule has 7 heteroatoms. The monoisotopic (exact) mass is 429 g/mol. The first-order valence-corrected chi connectivity index (χ1v) is 10.4. The Labute approximate surface area is 182 Å². The fraction of sp³-hybridized carbons (Fsp3) is 0.0417. The van der Waals surface area contributed by atoms with Crippen LogP contribution in [0.25, 0.3) is 10.8 Å². The molecule has 0 aliphatic carbocycles. The van der Waals surface area contributed by atoms with Crippen LogP contribution >= 0.6 is 11.3 Å². The summed E-state index contributed by atoms with van der Waals surface area (Å²) in [5.74, 6) is -0.797. The lowest BCUT2D eigenvalue weighted by molar-refractivity contribution is 0.0951. The van der Waals surface area contributed by atoms with Gasteiger partial charge in [-0.2, -0.15) is 5.10 Å². The summed E-state index contributed by atoms with van der Waals surface area (Å²) in [6.07, 6.45) is 0. The van der Waals surface area contributed by atoms with Crippen molar-refractivity contribution >= 4 is 45.3 Å². The van der Waals surface area contributed by atoms with Crippen LogP contribution in [-0.4, -0.2) is 22.6 Å². The van der Waals surface area contributed by atoms with Gasteiger partial charge in [0.15, 0.2) is 0 Å². The summed E-state index contributed by atoms with van der Waals surface area (Å²) in [7, 11) is 0. The van der Waals surface area contributed by atoms with Gasteiger partial charge >= 0.3 is 0 Å². The van der Waals surface area contributed by atoms with Crippen LogP contribution in [0.1, 0.15) is 32.5 Å². The molecule has 0 saturated carbocycles. The summed E-state index contributed by atoms with van der Waals surface area (Å²) in [6, 6.07) is 21.4. The Morgan fingerprint density at radius 2 is 1.68 bits per heavy atom. The largest absolute Gasteiger partial charge is 0.507 e. The van der Waals surface area contributed by atoms with Gasteiger partial charge in [-0.1, -0.05) is 42.5 Å². The van der Waals surface area contributed by atoms with Crippen LogP contribution in [0.3, 0.4) is 0 Å². The standard InChI is InChI=1S/C24H19N3O3S/c1-15(16-8-4-9-19(12-16)25-24(30)22-10-5-11-31-22)26-27-23(29)20-13-17-6-2-3-7-18(17)14-21(20)28/h2-14,28H,1H3,(H,25,30)(H,27,29). The molecular weight excluding hydrogens is 410 g/mol. The number of anilines is 1. The first-order chi connectivity index (χ1) is 15.0. The Morgan fingerprint density at radius 1 is 0.903 bits per heavy atom. The molecule has 3 N–H and O–H groups in total. The van der Waals surface area contributed by atoms with Crippen molar-refractivity contribution in [3.63, 3.8) is 0 Å². The highest BCUT2D eigenvalue weighted by Gasteiger charge is 2.13. The molecular formula is C24H19N3O3S. The summed E-state index contributed by atoms with van der Waals surface area (Å²) in [6.45, 7) is 1.75. The molecule has 0 saturated heterocycles. The van der Waals surface area contributed by atoms with E-state index < -0.39 is 5.91 Å².